The third kappa shape index (κ3) is 2.90. The lowest BCUT2D eigenvalue weighted by Gasteiger charge is -2.48. The van der Waals surface area contributed by atoms with Gasteiger partial charge in [-0.3, -0.25) is 9.69 Å². The molecule has 0 aliphatic carbocycles. The molecule has 1 aromatic heterocycles. The summed E-state index contributed by atoms with van der Waals surface area (Å²) in [7, 11) is 0. The third-order valence-corrected chi connectivity index (χ3v) is 5.77. The van der Waals surface area contributed by atoms with Crippen LogP contribution in [-0.4, -0.2) is 29.7 Å². The highest BCUT2D eigenvalue weighted by Gasteiger charge is 2.46. The molecular weight excluding hydrogens is 356 g/mol. The second-order valence-electron chi connectivity index (χ2n) is 7.57. The van der Waals surface area contributed by atoms with E-state index >= 15 is 0 Å². The van der Waals surface area contributed by atoms with Gasteiger partial charge in [0, 0.05) is 18.5 Å². The van der Waals surface area contributed by atoms with Crippen LogP contribution in [0.15, 0.2) is 52.9 Å². The van der Waals surface area contributed by atoms with Crippen molar-refractivity contribution in [2.24, 2.45) is 0 Å². The zero-order chi connectivity index (χ0) is 19.1. The van der Waals surface area contributed by atoms with Gasteiger partial charge in [0.25, 0.3) is 0 Å². The predicted molar refractivity (Wildman–Crippen MR) is 104 cm³/mol. The van der Waals surface area contributed by atoms with E-state index in [1.165, 1.54) is 0 Å². The van der Waals surface area contributed by atoms with E-state index in [1.807, 2.05) is 49.4 Å². The summed E-state index contributed by atoms with van der Waals surface area (Å²) in [4.78, 5) is 15.1. The lowest BCUT2D eigenvalue weighted by Crippen LogP contribution is -2.65. The van der Waals surface area contributed by atoms with E-state index in [9.17, 15) is 4.79 Å². The number of amides is 1. The molecule has 2 aromatic carbocycles. The molecule has 0 radical (unpaired) electrons. The Bertz CT molecular complexity index is 1010. The monoisotopic (exact) mass is 378 g/mol. The maximum atomic E-state index is 12.9. The van der Waals surface area contributed by atoms with Crippen LogP contribution in [-0.2, 0) is 17.9 Å². The summed E-state index contributed by atoms with van der Waals surface area (Å²) in [5.74, 6) is 2.40. The van der Waals surface area contributed by atoms with Gasteiger partial charge in [-0.2, -0.15) is 0 Å². The number of likely N-dealkylation sites (tertiary alicyclic amines) is 1. The van der Waals surface area contributed by atoms with Crippen LogP contribution in [0.25, 0.3) is 11.0 Å². The van der Waals surface area contributed by atoms with Gasteiger partial charge in [0.2, 0.25) is 12.7 Å². The molecule has 0 saturated carbocycles. The molecule has 3 heterocycles. The van der Waals surface area contributed by atoms with Gasteiger partial charge >= 0.3 is 0 Å². The Balaban J connectivity index is 1.23. The zero-order valence-corrected chi connectivity index (χ0v) is 15.7. The second kappa shape index (κ2) is 6.56. The molecule has 5 rings (SSSR count). The van der Waals surface area contributed by atoms with Crippen molar-refractivity contribution in [3.05, 3.63) is 59.9 Å². The number of rotatable bonds is 5. The molecule has 3 aromatic rings. The summed E-state index contributed by atoms with van der Waals surface area (Å²) in [6, 6.07) is 15.8. The highest BCUT2D eigenvalue weighted by atomic mass is 16.7. The minimum absolute atomic E-state index is 0.0347. The van der Waals surface area contributed by atoms with Crippen LogP contribution in [0.5, 0.6) is 11.5 Å². The highest BCUT2D eigenvalue weighted by Crippen LogP contribution is 2.34. The maximum absolute atomic E-state index is 12.9. The number of carbonyl (C=O) groups is 1. The molecule has 6 nitrogen and oxygen atoms in total. The Morgan fingerprint density at radius 3 is 2.82 bits per heavy atom. The molecule has 6 heteroatoms. The minimum Gasteiger partial charge on any atom is -0.460 e. The van der Waals surface area contributed by atoms with Gasteiger partial charge in [-0.15, -0.1) is 0 Å². The third-order valence-electron chi connectivity index (χ3n) is 5.77. The van der Waals surface area contributed by atoms with Crippen molar-refractivity contribution in [1.82, 2.24) is 10.2 Å². The second-order valence-corrected chi connectivity index (χ2v) is 7.57. The van der Waals surface area contributed by atoms with E-state index in [0.29, 0.717) is 13.1 Å². The van der Waals surface area contributed by atoms with E-state index < -0.39 is 5.54 Å². The molecule has 1 atom stereocenters. The molecule has 1 amide bonds. The number of benzene rings is 2. The highest BCUT2D eigenvalue weighted by molar-refractivity contribution is 5.87. The lowest BCUT2D eigenvalue weighted by molar-refractivity contribution is -0.142. The van der Waals surface area contributed by atoms with Crippen LogP contribution in [0.4, 0.5) is 0 Å². The number of carbonyl (C=O) groups excluding carboxylic acids is 1. The average molecular weight is 378 g/mol. The lowest BCUT2D eigenvalue weighted by atomic mass is 9.85. The summed E-state index contributed by atoms with van der Waals surface area (Å²) >= 11 is 0. The fourth-order valence-corrected chi connectivity index (χ4v) is 3.84. The molecule has 1 unspecified atom stereocenters. The van der Waals surface area contributed by atoms with Gasteiger partial charge < -0.3 is 19.2 Å². The maximum Gasteiger partial charge on any atom is 0.240 e. The SMILES string of the molecule is CC1(C(=O)NCc2ccc3c(c2)OCO3)CCN1Cc1cc2ccccc2o1. The van der Waals surface area contributed by atoms with Gasteiger partial charge in [0.05, 0.1) is 12.1 Å². The van der Waals surface area contributed by atoms with E-state index in [4.69, 9.17) is 13.9 Å². The van der Waals surface area contributed by atoms with E-state index in [-0.39, 0.29) is 12.7 Å². The van der Waals surface area contributed by atoms with Crippen LogP contribution in [0, 0.1) is 0 Å². The van der Waals surface area contributed by atoms with Crippen molar-refractivity contribution >= 4 is 16.9 Å². The number of nitrogens with zero attached hydrogens (tertiary/aromatic N) is 1. The van der Waals surface area contributed by atoms with Crippen molar-refractivity contribution < 1.29 is 18.7 Å². The Kier molecular flexibility index (Phi) is 4.02. The smallest absolute Gasteiger partial charge is 0.240 e. The van der Waals surface area contributed by atoms with Crippen molar-refractivity contribution in [3.63, 3.8) is 0 Å². The number of furan rings is 1. The van der Waals surface area contributed by atoms with Crippen LogP contribution in [0.2, 0.25) is 0 Å². The molecule has 0 spiro atoms. The molecule has 2 aliphatic heterocycles. The van der Waals surface area contributed by atoms with Gasteiger partial charge in [-0.1, -0.05) is 24.3 Å². The first-order valence-corrected chi connectivity index (χ1v) is 9.51. The Morgan fingerprint density at radius 1 is 1.14 bits per heavy atom. The van der Waals surface area contributed by atoms with Gasteiger partial charge in [0.1, 0.15) is 11.3 Å². The Labute approximate surface area is 163 Å². The fourth-order valence-electron chi connectivity index (χ4n) is 3.84. The van der Waals surface area contributed by atoms with Crippen molar-refractivity contribution in [2.45, 2.75) is 32.0 Å². The average Bonchev–Trinajstić information content (AvgIpc) is 3.34. The quantitative estimate of drug-likeness (QED) is 0.737. The van der Waals surface area contributed by atoms with Gasteiger partial charge in [-0.05, 0) is 43.2 Å². The van der Waals surface area contributed by atoms with Crippen LogP contribution < -0.4 is 14.8 Å². The first-order chi connectivity index (χ1) is 13.6. The molecule has 1 fully saturated rings. The molecule has 1 saturated heterocycles. The van der Waals surface area contributed by atoms with Crippen molar-refractivity contribution in [2.75, 3.05) is 13.3 Å². The number of nitrogens with one attached hydrogen (secondary N) is 1. The van der Waals surface area contributed by atoms with E-state index in [1.54, 1.807) is 0 Å². The molecule has 0 bridgehead atoms. The van der Waals surface area contributed by atoms with E-state index in [2.05, 4.69) is 16.3 Å². The molecule has 144 valence electrons. The van der Waals surface area contributed by atoms with Crippen LogP contribution in [0.1, 0.15) is 24.7 Å². The topological polar surface area (TPSA) is 63.9 Å². The molecule has 1 N–H and O–H groups in total. The first-order valence-electron chi connectivity index (χ1n) is 9.51. The summed E-state index contributed by atoms with van der Waals surface area (Å²) in [6.07, 6.45) is 0.834. The molecular formula is C22H22N2O4. The Morgan fingerprint density at radius 2 is 2.00 bits per heavy atom. The first kappa shape index (κ1) is 17.1. The van der Waals surface area contributed by atoms with Crippen molar-refractivity contribution in [3.8, 4) is 11.5 Å². The summed E-state index contributed by atoms with van der Waals surface area (Å²) in [6.45, 7) is 4.21. The number of hydrogen-bond acceptors (Lipinski definition) is 5. The molecule has 28 heavy (non-hydrogen) atoms. The number of para-hydroxylation sites is 1. The van der Waals surface area contributed by atoms with Gasteiger partial charge in [0.15, 0.2) is 11.5 Å². The minimum atomic E-state index is -0.519. The standard InChI is InChI=1S/C22H22N2O4/c1-22(21(25)23-12-15-6-7-19-20(10-15)27-14-26-19)8-9-24(22)13-17-11-16-4-2-3-5-18(16)28-17/h2-7,10-11H,8-9,12-14H2,1H3,(H,23,25). The summed E-state index contributed by atoms with van der Waals surface area (Å²) in [5, 5.41) is 4.16. The number of hydrogen-bond donors (Lipinski definition) is 1. The van der Waals surface area contributed by atoms with Crippen LogP contribution in [0.3, 0.4) is 0 Å². The predicted octanol–water partition coefficient (Wildman–Crippen LogP) is 3.44. The summed E-state index contributed by atoms with van der Waals surface area (Å²) in [5.41, 5.74) is 1.35. The Hall–Kier alpha value is -2.99. The van der Waals surface area contributed by atoms with Crippen LogP contribution >= 0.6 is 0 Å². The van der Waals surface area contributed by atoms with E-state index in [0.717, 1.165) is 46.8 Å². The number of ether oxygens (including phenoxy) is 2. The zero-order valence-electron chi connectivity index (χ0n) is 15.7. The summed E-state index contributed by atoms with van der Waals surface area (Å²) < 4.78 is 16.6. The van der Waals surface area contributed by atoms with Crippen molar-refractivity contribution in [1.29, 1.82) is 0 Å². The normalized spacial score (nSPS) is 20.9. The fraction of sp³-hybridized carbons (Fsp3) is 0.318. The molecule has 2 aliphatic rings. The van der Waals surface area contributed by atoms with Gasteiger partial charge in [-0.25, -0.2) is 0 Å². The largest absolute Gasteiger partial charge is 0.460 e. The number of fused-ring (bicyclic) bond motifs is 2.